The Hall–Kier alpha value is -1.94. The molecule has 164 valence electrons. The predicted molar refractivity (Wildman–Crippen MR) is 113 cm³/mol. The molecule has 3 rings (SSSR count). The first-order valence-corrected chi connectivity index (χ1v) is 10.6. The number of rotatable bonds is 7. The number of carbonyl (C=O) groups excluding carboxylic acids is 2. The molecule has 8 nitrogen and oxygen atoms in total. The van der Waals surface area contributed by atoms with Crippen molar-refractivity contribution in [2.75, 3.05) is 39.5 Å². The van der Waals surface area contributed by atoms with Crippen LogP contribution in [0.15, 0.2) is 12.1 Å². The van der Waals surface area contributed by atoms with Gasteiger partial charge in [-0.15, -0.1) is 0 Å². The van der Waals surface area contributed by atoms with Crippen molar-refractivity contribution in [3.63, 3.8) is 0 Å². The molecule has 0 aliphatic carbocycles. The Kier molecular flexibility index (Phi) is 7.88. The third-order valence-corrected chi connectivity index (χ3v) is 5.67. The largest absolute Gasteiger partial charge is 0.492 e. The Morgan fingerprint density at radius 1 is 1.30 bits per heavy atom. The molecule has 1 aromatic rings. The van der Waals surface area contributed by atoms with Crippen LogP contribution in [0.5, 0.6) is 0 Å². The zero-order valence-electron chi connectivity index (χ0n) is 18.0. The van der Waals surface area contributed by atoms with Crippen molar-refractivity contribution in [3.05, 3.63) is 28.8 Å². The number of nitrogens with zero attached hydrogens (tertiary/aromatic N) is 1. The van der Waals surface area contributed by atoms with Crippen molar-refractivity contribution in [3.8, 4) is 0 Å². The van der Waals surface area contributed by atoms with Crippen molar-refractivity contribution in [1.82, 2.24) is 10.2 Å². The Morgan fingerprint density at radius 3 is 2.87 bits per heavy atom. The van der Waals surface area contributed by atoms with Gasteiger partial charge in [0.05, 0.1) is 13.2 Å². The first kappa shape index (κ1) is 22.7. The topological polar surface area (TPSA) is 97.3 Å². The maximum Gasteiger partial charge on any atom is 0.492 e. The summed E-state index contributed by atoms with van der Waals surface area (Å²) >= 11 is 0. The molecule has 2 heterocycles. The fourth-order valence-corrected chi connectivity index (χ4v) is 3.86. The van der Waals surface area contributed by atoms with Crippen LogP contribution in [-0.4, -0.2) is 74.4 Å². The van der Waals surface area contributed by atoms with Gasteiger partial charge in [-0.05, 0) is 41.9 Å². The summed E-state index contributed by atoms with van der Waals surface area (Å²) in [6.07, 6.45) is 0.971. The minimum Gasteiger partial charge on any atom is -0.463 e. The molecule has 0 radical (unpaired) electrons. The number of esters is 1. The Labute approximate surface area is 178 Å². The van der Waals surface area contributed by atoms with Gasteiger partial charge in [0.2, 0.25) is 0 Å². The van der Waals surface area contributed by atoms with E-state index in [4.69, 9.17) is 14.1 Å². The van der Waals surface area contributed by atoms with Gasteiger partial charge >= 0.3 is 13.1 Å². The van der Waals surface area contributed by atoms with Crippen LogP contribution >= 0.6 is 0 Å². The number of hydrogen-bond acceptors (Lipinski definition) is 7. The molecule has 0 spiro atoms. The Balaban J connectivity index is 1.59. The maximum absolute atomic E-state index is 12.9. The van der Waals surface area contributed by atoms with Crippen LogP contribution in [-0.2, 0) is 25.5 Å². The molecule has 1 saturated heterocycles. The number of hydrogen-bond donors (Lipinski definition) is 2. The Bertz CT molecular complexity index is 764. The van der Waals surface area contributed by atoms with Gasteiger partial charge in [-0.1, -0.05) is 19.9 Å². The van der Waals surface area contributed by atoms with Gasteiger partial charge in [0.1, 0.15) is 12.6 Å². The van der Waals surface area contributed by atoms with Gasteiger partial charge in [0.25, 0.3) is 5.91 Å². The molecule has 2 aliphatic rings. The number of amides is 1. The zero-order chi connectivity index (χ0) is 21.7. The van der Waals surface area contributed by atoms with Gasteiger partial charge < -0.3 is 24.5 Å². The summed E-state index contributed by atoms with van der Waals surface area (Å²) in [5.74, 6) is -0.932. The second kappa shape index (κ2) is 10.4. The summed E-state index contributed by atoms with van der Waals surface area (Å²) in [4.78, 5) is 27.7. The summed E-state index contributed by atoms with van der Waals surface area (Å²) in [5.41, 5.74) is 2.58. The predicted octanol–water partition coefficient (Wildman–Crippen LogP) is 0.233. The number of benzene rings is 1. The van der Waals surface area contributed by atoms with Crippen molar-refractivity contribution >= 4 is 24.5 Å². The fourth-order valence-electron chi connectivity index (χ4n) is 3.86. The lowest BCUT2D eigenvalue weighted by Crippen LogP contribution is -2.46. The smallest absolute Gasteiger partial charge is 0.463 e. The van der Waals surface area contributed by atoms with E-state index >= 15 is 0 Å². The number of ether oxygens (including phenoxy) is 2. The number of nitrogens with one attached hydrogen (secondary N) is 1. The number of carbonyl (C=O) groups is 2. The first-order chi connectivity index (χ1) is 14.4. The fraction of sp³-hybridized carbons (Fsp3) is 0.619. The lowest BCUT2D eigenvalue weighted by atomic mass is 9.75. The van der Waals surface area contributed by atoms with Crippen LogP contribution in [0.1, 0.15) is 41.8 Å². The van der Waals surface area contributed by atoms with Crippen LogP contribution in [0.2, 0.25) is 0 Å². The van der Waals surface area contributed by atoms with E-state index in [1.54, 1.807) is 19.1 Å². The normalized spacial score (nSPS) is 18.1. The molecule has 0 unspecified atom stereocenters. The summed E-state index contributed by atoms with van der Waals surface area (Å²) in [6, 6.07) is 2.73. The Morgan fingerprint density at radius 2 is 2.10 bits per heavy atom. The van der Waals surface area contributed by atoms with E-state index in [9.17, 15) is 14.6 Å². The molecular weight excluding hydrogens is 387 g/mol. The van der Waals surface area contributed by atoms with Crippen molar-refractivity contribution in [1.29, 1.82) is 0 Å². The highest BCUT2D eigenvalue weighted by atomic mass is 16.5. The quantitative estimate of drug-likeness (QED) is 0.484. The van der Waals surface area contributed by atoms with Crippen LogP contribution in [0.25, 0.3) is 0 Å². The van der Waals surface area contributed by atoms with E-state index in [1.165, 1.54) is 0 Å². The third kappa shape index (κ3) is 5.40. The van der Waals surface area contributed by atoms with E-state index in [2.05, 4.69) is 10.2 Å². The highest BCUT2D eigenvalue weighted by Gasteiger charge is 2.32. The lowest BCUT2D eigenvalue weighted by molar-refractivity contribution is -0.147. The summed E-state index contributed by atoms with van der Waals surface area (Å²) in [7, 11) is -1.03. The SMILES string of the molecule is Cc1c(C(=O)N[C@H](C(=O)OCCN2CCCOCC2)C(C)C)ccc2c1B(O)OC2. The van der Waals surface area contributed by atoms with Gasteiger partial charge in [-0.3, -0.25) is 9.69 Å². The number of fused-ring (bicyclic) bond motifs is 1. The molecule has 30 heavy (non-hydrogen) atoms. The van der Waals surface area contributed by atoms with E-state index in [0.29, 0.717) is 36.3 Å². The van der Waals surface area contributed by atoms with Crippen molar-refractivity contribution < 1.29 is 28.7 Å². The molecule has 2 aliphatic heterocycles. The van der Waals surface area contributed by atoms with Gasteiger partial charge in [0.15, 0.2) is 0 Å². The molecule has 0 saturated carbocycles. The average Bonchev–Trinajstić information content (AvgIpc) is 2.91. The van der Waals surface area contributed by atoms with E-state index in [-0.39, 0.29) is 18.4 Å². The molecule has 0 bridgehead atoms. The van der Waals surface area contributed by atoms with E-state index < -0.39 is 19.1 Å². The van der Waals surface area contributed by atoms with E-state index in [0.717, 1.165) is 31.7 Å². The monoisotopic (exact) mass is 418 g/mol. The van der Waals surface area contributed by atoms with Gasteiger partial charge in [-0.25, -0.2) is 4.79 Å². The summed E-state index contributed by atoms with van der Waals surface area (Å²) in [5, 5.41) is 12.8. The van der Waals surface area contributed by atoms with Gasteiger partial charge in [-0.2, -0.15) is 0 Å². The molecule has 1 atom stereocenters. The molecular formula is C21H31BN2O6. The molecule has 0 aromatic heterocycles. The molecule has 9 heteroatoms. The molecule has 1 amide bonds. The van der Waals surface area contributed by atoms with Crippen molar-refractivity contribution in [2.24, 2.45) is 5.92 Å². The minimum atomic E-state index is -1.03. The molecule has 1 fully saturated rings. The van der Waals surface area contributed by atoms with E-state index in [1.807, 2.05) is 13.8 Å². The third-order valence-electron chi connectivity index (χ3n) is 5.67. The van der Waals surface area contributed by atoms with Crippen LogP contribution in [0, 0.1) is 12.8 Å². The summed E-state index contributed by atoms with van der Waals surface area (Å²) < 4.78 is 16.1. The minimum absolute atomic E-state index is 0.128. The highest BCUT2D eigenvalue weighted by molar-refractivity contribution is 6.62. The van der Waals surface area contributed by atoms with Crippen LogP contribution in [0.4, 0.5) is 0 Å². The van der Waals surface area contributed by atoms with Crippen LogP contribution < -0.4 is 10.8 Å². The molecule has 1 aromatic carbocycles. The summed E-state index contributed by atoms with van der Waals surface area (Å²) in [6.45, 7) is 9.97. The van der Waals surface area contributed by atoms with Crippen LogP contribution in [0.3, 0.4) is 0 Å². The lowest BCUT2D eigenvalue weighted by Gasteiger charge is -2.23. The molecule has 2 N–H and O–H groups in total. The second-order valence-electron chi connectivity index (χ2n) is 8.14. The standard InChI is InChI=1S/C21H31BN2O6/c1-14(2)19(21(26)29-12-9-24-7-4-10-28-11-8-24)23-20(25)17-6-5-16-13-30-22(27)18(16)15(17)3/h5-6,14,19,27H,4,7-13H2,1-3H3,(H,23,25)/t19-/m0/s1. The van der Waals surface area contributed by atoms with Gasteiger partial charge in [0, 0.05) is 31.8 Å². The average molecular weight is 418 g/mol. The zero-order valence-corrected chi connectivity index (χ0v) is 18.0. The second-order valence-corrected chi connectivity index (χ2v) is 8.14. The highest BCUT2D eigenvalue weighted by Crippen LogP contribution is 2.17. The maximum atomic E-state index is 12.9. The first-order valence-electron chi connectivity index (χ1n) is 10.6. The van der Waals surface area contributed by atoms with Crippen molar-refractivity contribution in [2.45, 2.75) is 39.8 Å².